The molecule has 0 radical (unpaired) electrons. The van der Waals surface area contributed by atoms with Gasteiger partial charge in [-0.2, -0.15) is 0 Å². The Morgan fingerprint density at radius 1 is 1.42 bits per heavy atom. The van der Waals surface area contributed by atoms with Crippen LogP contribution in [0.1, 0.15) is 47.8 Å². The minimum atomic E-state index is -0.0801. The first-order valence-electron chi connectivity index (χ1n) is 6.95. The molecule has 5 heteroatoms. The van der Waals surface area contributed by atoms with Crippen molar-refractivity contribution < 1.29 is 9.21 Å². The number of nitrogens with two attached hydrogens (primary N) is 1. The van der Waals surface area contributed by atoms with Crippen LogP contribution in [0.4, 0.5) is 0 Å². The molecule has 1 amide bonds. The van der Waals surface area contributed by atoms with Gasteiger partial charge in [-0.15, -0.1) is 0 Å². The van der Waals surface area contributed by atoms with Crippen molar-refractivity contribution in [3.8, 4) is 0 Å². The molecule has 1 aromatic rings. The molecule has 106 valence electrons. The Bertz CT molecular complexity index is 456. The molecule has 1 aliphatic rings. The summed E-state index contributed by atoms with van der Waals surface area (Å²) in [6.07, 6.45) is 4.50. The van der Waals surface area contributed by atoms with Crippen LogP contribution in [0.2, 0.25) is 0 Å². The van der Waals surface area contributed by atoms with Gasteiger partial charge in [0.2, 0.25) is 5.76 Å². The van der Waals surface area contributed by atoms with Crippen LogP contribution in [0.15, 0.2) is 4.42 Å². The molecule has 0 aromatic carbocycles. The van der Waals surface area contributed by atoms with Gasteiger partial charge in [0.25, 0.3) is 5.91 Å². The van der Waals surface area contributed by atoms with Crippen LogP contribution in [0.3, 0.4) is 0 Å². The zero-order valence-corrected chi connectivity index (χ0v) is 12.0. The van der Waals surface area contributed by atoms with E-state index in [0.29, 0.717) is 29.8 Å². The maximum Gasteiger partial charge on any atom is 0.291 e. The quantitative estimate of drug-likeness (QED) is 0.905. The summed E-state index contributed by atoms with van der Waals surface area (Å²) >= 11 is 0. The molecule has 1 saturated carbocycles. The summed E-state index contributed by atoms with van der Waals surface area (Å²) in [5, 5.41) is 0. The lowest BCUT2D eigenvalue weighted by Gasteiger charge is -2.37. The monoisotopic (exact) mass is 265 g/mol. The van der Waals surface area contributed by atoms with Crippen LogP contribution < -0.4 is 5.73 Å². The molecule has 0 aliphatic heterocycles. The van der Waals surface area contributed by atoms with E-state index in [-0.39, 0.29) is 11.9 Å². The lowest BCUT2D eigenvalue weighted by molar-refractivity contribution is 0.0586. The Balaban J connectivity index is 2.16. The molecule has 1 aliphatic carbocycles. The van der Waals surface area contributed by atoms with Crippen molar-refractivity contribution in [2.75, 3.05) is 13.6 Å². The second-order valence-corrected chi connectivity index (χ2v) is 5.41. The zero-order chi connectivity index (χ0) is 14.0. The Kier molecular flexibility index (Phi) is 4.24. The first-order valence-corrected chi connectivity index (χ1v) is 6.95. The summed E-state index contributed by atoms with van der Waals surface area (Å²) in [4.78, 5) is 18.4. The van der Waals surface area contributed by atoms with Crippen LogP contribution in [0, 0.1) is 19.8 Å². The van der Waals surface area contributed by atoms with Crippen molar-refractivity contribution in [1.82, 2.24) is 9.88 Å². The fourth-order valence-electron chi connectivity index (χ4n) is 3.01. The largest absolute Gasteiger partial charge is 0.436 e. The molecule has 19 heavy (non-hydrogen) atoms. The topological polar surface area (TPSA) is 72.4 Å². The van der Waals surface area contributed by atoms with Gasteiger partial charge in [0.15, 0.2) is 5.89 Å². The van der Waals surface area contributed by atoms with Gasteiger partial charge in [-0.25, -0.2) is 4.98 Å². The summed E-state index contributed by atoms with van der Waals surface area (Å²) in [5.74, 6) is 1.21. The van der Waals surface area contributed by atoms with E-state index in [4.69, 9.17) is 10.2 Å². The Morgan fingerprint density at radius 3 is 2.68 bits per heavy atom. The van der Waals surface area contributed by atoms with Gasteiger partial charge >= 0.3 is 0 Å². The summed E-state index contributed by atoms with van der Waals surface area (Å²) in [5.41, 5.74) is 6.49. The number of rotatable bonds is 3. The predicted molar refractivity (Wildman–Crippen MR) is 72.9 cm³/mol. The average molecular weight is 265 g/mol. The third-order valence-electron chi connectivity index (χ3n) is 4.09. The molecule has 2 atom stereocenters. The van der Waals surface area contributed by atoms with Crippen molar-refractivity contribution in [3.05, 3.63) is 17.3 Å². The molecule has 0 saturated heterocycles. The average Bonchev–Trinajstić information content (AvgIpc) is 2.76. The molecule has 2 unspecified atom stereocenters. The zero-order valence-electron chi connectivity index (χ0n) is 12.0. The molecule has 1 heterocycles. The third kappa shape index (κ3) is 2.81. The molecule has 1 aromatic heterocycles. The predicted octanol–water partition coefficient (Wildman–Crippen LogP) is 1.88. The van der Waals surface area contributed by atoms with Crippen molar-refractivity contribution in [2.45, 2.75) is 45.6 Å². The van der Waals surface area contributed by atoms with Crippen LogP contribution in [-0.2, 0) is 0 Å². The van der Waals surface area contributed by atoms with E-state index in [9.17, 15) is 4.79 Å². The van der Waals surface area contributed by atoms with Gasteiger partial charge in [0.1, 0.15) is 0 Å². The number of oxazole rings is 1. The maximum absolute atomic E-state index is 12.5. The molecule has 0 spiro atoms. The number of carbonyl (C=O) groups excluding carboxylic acids is 1. The van der Waals surface area contributed by atoms with E-state index in [2.05, 4.69) is 4.98 Å². The van der Waals surface area contributed by atoms with Gasteiger partial charge in [-0.3, -0.25) is 4.79 Å². The number of carbonyl (C=O) groups is 1. The smallest absolute Gasteiger partial charge is 0.291 e. The van der Waals surface area contributed by atoms with Crippen molar-refractivity contribution in [3.63, 3.8) is 0 Å². The molecular formula is C14H23N3O2. The fraction of sp³-hybridized carbons (Fsp3) is 0.714. The minimum absolute atomic E-state index is 0.0801. The second kappa shape index (κ2) is 5.74. The van der Waals surface area contributed by atoms with Gasteiger partial charge < -0.3 is 15.1 Å². The van der Waals surface area contributed by atoms with Crippen LogP contribution in [-0.4, -0.2) is 35.4 Å². The van der Waals surface area contributed by atoms with Gasteiger partial charge in [-0.05, 0) is 32.2 Å². The molecule has 5 nitrogen and oxygen atoms in total. The van der Waals surface area contributed by atoms with Gasteiger partial charge in [-0.1, -0.05) is 12.8 Å². The standard InChI is InChI=1S/C14H23N3O2/c1-9-13(19-10(2)16-9)14(18)17(3)12-7-5-4-6-11(12)8-15/h11-12H,4-8,15H2,1-3H3. The third-order valence-corrected chi connectivity index (χ3v) is 4.09. The highest BCUT2D eigenvalue weighted by Gasteiger charge is 2.32. The number of aryl methyl sites for hydroxylation is 2. The molecule has 2 rings (SSSR count). The summed E-state index contributed by atoms with van der Waals surface area (Å²) in [6.45, 7) is 4.20. The number of hydrogen-bond acceptors (Lipinski definition) is 4. The van der Waals surface area contributed by atoms with E-state index in [0.717, 1.165) is 19.3 Å². The lowest BCUT2D eigenvalue weighted by Crippen LogP contribution is -2.46. The molecule has 1 fully saturated rings. The first kappa shape index (κ1) is 14.1. The number of nitrogens with zero attached hydrogens (tertiary/aromatic N) is 2. The Hall–Kier alpha value is -1.36. The van der Waals surface area contributed by atoms with E-state index in [1.165, 1.54) is 6.42 Å². The van der Waals surface area contributed by atoms with Crippen LogP contribution in [0.5, 0.6) is 0 Å². The summed E-state index contributed by atoms with van der Waals surface area (Å²) in [7, 11) is 1.85. The Morgan fingerprint density at radius 2 is 2.11 bits per heavy atom. The van der Waals surface area contributed by atoms with Gasteiger partial charge in [0.05, 0.1) is 5.69 Å². The Labute approximate surface area is 114 Å². The van der Waals surface area contributed by atoms with E-state index >= 15 is 0 Å². The number of amides is 1. The minimum Gasteiger partial charge on any atom is -0.436 e. The van der Waals surface area contributed by atoms with E-state index < -0.39 is 0 Å². The highest BCUT2D eigenvalue weighted by Crippen LogP contribution is 2.28. The van der Waals surface area contributed by atoms with Crippen LogP contribution in [0.25, 0.3) is 0 Å². The normalized spacial score (nSPS) is 23.4. The number of hydrogen-bond donors (Lipinski definition) is 1. The van der Waals surface area contributed by atoms with Gasteiger partial charge in [0, 0.05) is 20.0 Å². The highest BCUT2D eigenvalue weighted by molar-refractivity contribution is 5.92. The van der Waals surface area contributed by atoms with Crippen molar-refractivity contribution in [1.29, 1.82) is 0 Å². The van der Waals surface area contributed by atoms with E-state index in [1.807, 2.05) is 7.05 Å². The highest BCUT2D eigenvalue weighted by atomic mass is 16.4. The molecule has 0 bridgehead atoms. The summed E-state index contributed by atoms with van der Waals surface area (Å²) < 4.78 is 5.42. The maximum atomic E-state index is 12.5. The molecule has 2 N–H and O–H groups in total. The first-order chi connectivity index (χ1) is 9.04. The lowest BCUT2D eigenvalue weighted by atomic mass is 9.83. The second-order valence-electron chi connectivity index (χ2n) is 5.41. The number of aromatic nitrogens is 1. The van der Waals surface area contributed by atoms with Crippen molar-refractivity contribution in [2.24, 2.45) is 11.7 Å². The summed E-state index contributed by atoms with van der Waals surface area (Å²) in [6, 6.07) is 0.219. The SMILES string of the molecule is Cc1nc(C)c(C(=O)N(C)C2CCCCC2CN)o1. The van der Waals surface area contributed by atoms with E-state index in [1.54, 1.807) is 18.7 Å². The molecular weight excluding hydrogens is 242 g/mol. The van der Waals surface area contributed by atoms with Crippen LogP contribution >= 0.6 is 0 Å². The fourth-order valence-corrected chi connectivity index (χ4v) is 3.01. The van der Waals surface area contributed by atoms with Crippen molar-refractivity contribution >= 4 is 5.91 Å².